The summed E-state index contributed by atoms with van der Waals surface area (Å²) < 4.78 is 0. The molecule has 1 fully saturated rings. The molecule has 0 spiro atoms. The number of benzene rings is 2. The molecule has 4 rings (SSSR count). The van der Waals surface area contributed by atoms with Gasteiger partial charge in [-0.1, -0.05) is 35.9 Å². The van der Waals surface area contributed by atoms with E-state index in [9.17, 15) is 9.59 Å². The Morgan fingerprint density at radius 2 is 1.89 bits per heavy atom. The summed E-state index contributed by atoms with van der Waals surface area (Å²) >= 11 is 0. The second-order valence-corrected chi connectivity index (χ2v) is 7.17. The van der Waals surface area contributed by atoms with Crippen LogP contribution in [0.4, 0.5) is 17.1 Å². The maximum Gasteiger partial charge on any atom is 0.241 e. The summed E-state index contributed by atoms with van der Waals surface area (Å²) in [5, 5.41) is 3.50. The van der Waals surface area contributed by atoms with Crippen LogP contribution in [0.2, 0.25) is 0 Å². The Morgan fingerprint density at radius 3 is 2.56 bits per heavy atom. The minimum atomic E-state index is -0.711. The monoisotopic (exact) mass is 361 g/mol. The van der Waals surface area contributed by atoms with Crippen molar-refractivity contribution < 1.29 is 9.59 Å². The van der Waals surface area contributed by atoms with E-state index >= 15 is 0 Å². The molecule has 27 heavy (non-hydrogen) atoms. The highest BCUT2D eigenvalue weighted by atomic mass is 16.2. The van der Waals surface area contributed by atoms with Gasteiger partial charge >= 0.3 is 0 Å². The van der Waals surface area contributed by atoms with Crippen LogP contribution in [-0.2, 0) is 9.59 Å². The van der Waals surface area contributed by atoms with E-state index in [2.05, 4.69) is 16.8 Å². The van der Waals surface area contributed by atoms with E-state index in [-0.39, 0.29) is 23.9 Å². The van der Waals surface area contributed by atoms with Crippen molar-refractivity contribution in [3.63, 3.8) is 0 Å². The quantitative estimate of drug-likeness (QED) is 0.670. The number of Topliss-reactive ketones (excluding diaryl/α,β-unsaturated/α-hetero) is 1. The second-order valence-electron chi connectivity index (χ2n) is 7.17. The molecule has 2 aliphatic rings. The van der Waals surface area contributed by atoms with Crippen LogP contribution >= 0.6 is 0 Å². The summed E-state index contributed by atoms with van der Waals surface area (Å²) in [4.78, 5) is 29.7. The van der Waals surface area contributed by atoms with Crippen molar-refractivity contribution in [2.45, 2.75) is 26.1 Å². The van der Waals surface area contributed by atoms with E-state index in [0.29, 0.717) is 6.54 Å². The van der Waals surface area contributed by atoms with Gasteiger partial charge in [0, 0.05) is 12.2 Å². The number of anilines is 3. The third kappa shape index (κ3) is 2.70. The number of hydrogen-bond donors (Lipinski definition) is 1. The Kier molecular flexibility index (Phi) is 4.22. The van der Waals surface area contributed by atoms with E-state index in [1.807, 2.05) is 61.5 Å². The van der Waals surface area contributed by atoms with Gasteiger partial charge in [-0.25, -0.2) is 0 Å². The van der Waals surface area contributed by atoms with Crippen LogP contribution in [0.3, 0.4) is 0 Å². The maximum atomic E-state index is 13.3. The van der Waals surface area contributed by atoms with Gasteiger partial charge in [-0.15, -0.1) is 6.58 Å². The molecular formula is C22H23N3O2. The maximum absolute atomic E-state index is 13.3. The Bertz CT molecular complexity index is 906. The summed E-state index contributed by atoms with van der Waals surface area (Å²) in [6.07, 6.45) is 1.50. The molecule has 0 aromatic heterocycles. The van der Waals surface area contributed by atoms with Gasteiger partial charge in [-0.05, 0) is 38.1 Å². The zero-order valence-electron chi connectivity index (χ0n) is 15.6. The lowest BCUT2D eigenvalue weighted by Gasteiger charge is -2.43. The number of amides is 1. The van der Waals surface area contributed by atoms with Crippen LogP contribution < -0.4 is 15.1 Å². The lowest BCUT2D eigenvalue weighted by Crippen LogP contribution is -2.55. The van der Waals surface area contributed by atoms with Crippen LogP contribution in [0.15, 0.2) is 61.2 Å². The minimum Gasteiger partial charge on any atom is -0.361 e. The molecule has 0 aliphatic carbocycles. The van der Waals surface area contributed by atoms with Gasteiger partial charge in [0.05, 0.1) is 17.4 Å². The number of ketones is 1. The van der Waals surface area contributed by atoms with Crippen molar-refractivity contribution in [2.24, 2.45) is 5.92 Å². The largest absolute Gasteiger partial charge is 0.361 e. The average molecular weight is 361 g/mol. The van der Waals surface area contributed by atoms with Crippen LogP contribution in [0.1, 0.15) is 12.5 Å². The topological polar surface area (TPSA) is 52.7 Å². The Hall–Kier alpha value is -3.08. The fraction of sp³-hybridized carbons (Fsp3) is 0.273. The van der Waals surface area contributed by atoms with Crippen LogP contribution in [-0.4, -0.2) is 30.4 Å². The van der Waals surface area contributed by atoms with Gasteiger partial charge in [-0.2, -0.15) is 0 Å². The Balaban J connectivity index is 1.86. The summed E-state index contributed by atoms with van der Waals surface area (Å²) in [6.45, 7) is 7.96. The molecule has 5 nitrogen and oxygen atoms in total. The standard InChI is InChI=1S/C22H23N3O2/c1-4-13-24-18-8-6-5-7-17(18)23-21-20(24)19(15(3)26)22(27)25(21)16-11-9-14(2)10-12-16/h4-12,19-21,23H,1,13H2,2-3H3/t19-,20-,21+/m1/s1. The zero-order valence-corrected chi connectivity index (χ0v) is 15.6. The normalized spacial score (nSPS) is 23.5. The molecule has 3 atom stereocenters. The van der Waals surface area contributed by atoms with Crippen molar-refractivity contribution >= 4 is 28.8 Å². The number of rotatable bonds is 4. The summed E-state index contributed by atoms with van der Waals surface area (Å²) in [5.74, 6) is -0.979. The van der Waals surface area contributed by atoms with Crippen molar-refractivity contribution in [1.29, 1.82) is 0 Å². The van der Waals surface area contributed by atoms with Crippen molar-refractivity contribution in [3.05, 3.63) is 66.7 Å². The Labute approximate surface area is 159 Å². The number of fused-ring (bicyclic) bond motifs is 2. The predicted molar refractivity (Wildman–Crippen MR) is 108 cm³/mol. The molecule has 2 aliphatic heterocycles. The average Bonchev–Trinajstić information content (AvgIpc) is 2.94. The van der Waals surface area contributed by atoms with E-state index < -0.39 is 5.92 Å². The first kappa shape index (κ1) is 17.3. The third-order valence-corrected chi connectivity index (χ3v) is 5.40. The first-order chi connectivity index (χ1) is 13.0. The molecular weight excluding hydrogens is 338 g/mol. The number of nitrogens with zero attached hydrogens (tertiary/aromatic N) is 2. The van der Waals surface area contributed by atoms with Crippen molar-refractivity contribution in [1.82, 2.24) is 0 Å². The number of hydrogen-bond acceptors (Lipinski definition) is 4. The van der Waals surface area contributed by atoms with Crippen molar-refractivity contribution in [2.75, 3.05) is 21.7 Å². The predicted octanol–water partition coefficient (Wildman–Crippen LogP) is 3.36. The van der Waals surface area contributed by atoms with Gasteiger partial charge in [0.25, 0.3) is 0 Å². The highest BCUT2D eigenvalue weighted by molar-refractivity contribution is 6.12. The van der Waals surface area contributed by atoms with Crippen LogP contribution in [0, 0.1) is 12.8 Å². The van der Waals surface area contributed by atoms with Crippen LogP contribution in [0.5, 0.6) is 0 Å². The first-order valence-corrected chi connectivity index (χ1v) is 9.16. The molecule has 5 heteroatoms. The number of carbonyl (C=O) groups is 2. The molecule has 1 N–H and O–H groups in total. The Morgan fingerprint density at radius 1 is 1.19 bits per heavy atom. The molecule has 138 valence electrons. The summed E-state index contributed by atoms with van der Waals surface area (Å²) in [6, 6.07) is 15.5. The molecule has 1 saturated heterocycles. The lowest BCUT2D eigenvalue weighted by molar-refractivity contribution is -0.129. The number of carbonyl (C=O) groups excluding carboxylic acids is 2. The fourth-order valence-corrected chi connectivity index (χ4v) is 4.20. The van der Waals surface area contributed by atoms with E-state index in [0.717, 1.165) is 22.6 Å². The van der Waals surface area contributed by atoms with E-state index in [4.69, 9.17) is 0 Å². The number of aryl methyl sites for hydroxylation is 1. The summed E-state index contributed by atoms with van der Waals surface area (Å²) in [5.41, 5.74) is 3.87. The molecule has 0 radical (unpaired) electrons. The highest BCUT2D eigenvalue weighted by Crippen LogP contribution is 2.43. The van der Waals surface area contributed by atoms with Gasteiger partial charge in [0.1, 0.15) is 17.9 Å². The smallest absolute Gasteiger partial charge is 0.241 e. The number of para-hydroxylation sites is 2. The van der Waals surface area contributed by atoms with E-state index in [1.165, 1.54) is 6.92 Å². The fourth-order valence-electron chi connectivity index (χ4n) is 4.20. The third-order valence-electron chi connectivity index (χ3n) is 5.40. The van der Waals surface area contributed by atoms with Crippen LogP contribution in [0.25, 0.3) is 0 Å². The molecule has 0 saturated carbocycles. The van der Waals surface area contributed by atoms with Gasteiger partial charge < -0.3 is 10.2 Å². The highest BCUT2D eigenvalue weighted by Gasteiger charge is 2.55. The second kappa shape index (κ2) is 6.58. The number of nitrogens with one attached hydrogen (secondary N) is 1. The minimum absolute atomic E-state index is 0.111. The zero-order chi connectivity index (χ0) is 19.1. The lowest BCUT2D eigenvalue weighted by atomic mass is 9.93. The molecule has 2 heterocycles. The SMILES string of the molecule is C=CCN1c2ccccc2N[C@@H]2[C@H]1[C@@H](C(C)=O)C(=O)N2c1ccc(C)cc1. The summed E-state index contributed by atoms with van der Waals surface area (Å²) in [7, 11) is 0. The molecule has 2 aromatic rings. The molecule has 0 bridgehead atoms. The van der Waals surface area contributed by atoms with Crippen molar-refractivity contribution in [3.8, 4) is 0 Å². The molecule has 0 unspecified atom stereocenters. The molecule has 2 aromatic carbocycles. The van der Waals surface area contributed by atoms with Gasteiger partial charge in [-0.3, -0.25) is 14.5 Å². The van der Waals surface area contributed by atoms with Gasteiger partial charge in [0.15, 0.2) is 0 Å². The van der Waals surface area contributed by atoms with E-state index in [1.54, 1.807) is 4.90 Å². The first-order valence-electron chi connectivity index (χ1n) is 9.16. The molecule has 1 amide bonds. The van der Waals surface area contributed by atoms with Gasteiger partial charge in [0.2, 0.25) is 5.91 Å².